The lowest BCUT2D eigenvalue weighted by Crippen LogP contribution is -2.24. The fourth-order valence-electron chi connectivity index (χ4n) is 1.48. The van der Waals surface area contributed by atoms with Crippen LogP contribution in [0, 0.1) is 0 Å². The average molecular weight is 144 g/mol. The van der Waals surface area contributed by atoms with Crippen LogP contribution >= 0.6 is 12.6 Å². The first-order valence-corrected chi connectivity index (χ1v) is 4.20. The van der Waals surface area contributed by atoms with E-state index >= 15 is 0 Å². The molecule has 1 fully saturated rings. The highest BCUT2D eigenvalue weighted by atomic mass is 32.1. The third kappa shape index (κ3) is 1.87. The quantitative estimate of drug-likeness (QED) is 0.570. The van der Waals surface area contributed by atoms with Gasteiger partial charge in [-0.2, -0.15) is 0 Å². The lowest BCUT2D eigenvalue weighted by molar-refractivity contribution is 0.306. The zero-order chi connectivity index (χ0) is 6.69. The fourth-order valence-corrected chi connectivity index (χ4v) is 1.75. The Hall–Kier alpha value is 0.310. The highest BCUT2D eigenvalue weighted by Gasteiger charge is 2.18. The third-order valence-corrected chi connectivity index (χ3v) is 2.36. The maximum Gasteiger partial charge on any atom is 0.0101 e. The number of hydrogen-bond acceptors (Lipinski definition) is 1. The van der Waals surface area contributed by atoms with Gasteiger partial charge in [-0.05, 0) is 32.9 Å². The molecule has 0 aromatic carbocycles. The Balaban J connectivity index is 2.22. The summed E-state index contributed by atoms with van der Waals surface area (Å²) in [6.07, 6.45) is 3.95. The summed E-state index contributed by atoms with van der Waals surface area (Å²) in [6, 6.07) is 0.808. The smallest absolute Gasteiger partial charge is 0.0101 e. The van der Waals surface area contributed by atoms with Gasteiger partial charge in [0.05, 0.1) is 0 Å². The second kappa shape index (κ2) is 3.47. The Bertz CT molecular complexity index is 85.0. The van der Waals surface area contributed by atoms with E-state index < -0.39 is 0 Å². The summed E-state index contributed by atoms with van der Waals surface area (Å²) >= 11 is 4.91. The molecular weight excluding hydrogens is 130 g/mol. The second-order valence-electron chi connectivity index (χ2n) is 2.77. The Labute approximate surface area is 62.8 Å². The molecule has 53 valence electrons. The Morgan fingerprint density at radius 3 is 2.89 bits per heavy atom. The summed E-state index contributed by atoms with van der Waals surface area (Å²) in [4.78, 5) is 2.42. The molecule has 0 N–H and O–H groups in total. The van der Waals surface area contributed by atoms with Crippen molar-refractivity contribution in [3.05, 3.63) is 0 Å². The van der Waals surface area contributed by atoms with Gasteiger partial charge in [-0.25, -0.2) is 0 Å². The zero-order valence-electron chi connectivity index (χ0n) is 5.97. The molecule has 1 radical (unpaired) electrons. The molecule has 0 spiro atoms. The first kappa shape index (κ1) is 7.42. The summed E-state index contributed by atoms with van der Waals surface area (Å²) < 4.78 is 0. The van der Waals surface area contributed by atoms with Crippen molar-refractivity contribution in [1.82, 2.24) is 4.90 Å². The largest absolute Gasteiger partial charge is 0.303 e. The van der Waals surface area contributed by atoms with Crippen LogP contribution < -0.4 is 0 Å². The van der Waals surface area contributed by atoms with Gasteiger partial charge >= 0.3 is 0 Å². The van der Waals surface area contributed by atoms with Crippen LogP contribution in [0.25, 0.3) is 0 Å². The van der Waals surface area contributed by atoms with Gasteiger partial charge in [0.1, 0.15) is 0 Å². The molecule has 1 aliphatic rings. The van der Waals surface area contributed by atoms with Gasteiger partial charge in [0.2, 0.25) is 0 Å². The van der Waals surface area contributed by atoms with Gasteiger partial charge in [-0.15, -0.1) is 0 Å². The Kier molecular flexibility index (Phi) is 2.86. The molecule has 0 aromatic rings. The summed E-state index contributed by atoms with van der Waals surface area (Å²) in [5.41, 5.74) is 0. The van der Waals surface area contributed by atoms with Crippen LogP contribution in [0.4, 0.5) is 0 Å². The number of nitrogens with zero attached hydrogens (tertiary/aromatic N) is 1. The summed E-state index contributed by atoms with van der Waals surface area (Å²) in [7, 11) is 2.20. The van der Waals surface area contributed by atoms with Gasteiger partial charge in [-0.1, -0.05) is 12.6 Å². The van der Waals surface area contributed by atoms with Gasteiger partial charge in [0.25, 0.3) is 0 Å². The van der Waals surface area contributed by atoms with Gasteiger partial charge < -0.3 is 4.90 Å². The van der Waals surface area contributed by atoms with E-state index in [0.29, 0.717) is 0 Å². The molecule has 9 heavy (non-hydrogen) atoms. The topological polar surface area (TPSA) is 3.24 Å². The molecule has 1 heterocycles. The van der Waals surface area contributed by atoms with Crippen molar-refractivity contribution < 1.29 is 0 Å². The fraction of sp³-hybridized carbons (Fsp3) is 1.00. The van der Waals surface area contributed by atoms with Crippen LogP contribution in [0.3, 0.4) is 0 Å². The van der Waals surface area contributed by atoms with Crippen LogP contribution in [0.1, 0.15) is 19.3 Å². The van der Waals surface area contributed by atoms with Crippen molar-refractivity contribution in [1.29, 1.82) is 0 Å². The molecule has 0 saturated carbocycles. The SMILES string of the molecule is CN1CCCC1CC[S]. The van der Waals surface area contributed by atoms with Crippen LogP contribution in [0.15, 0.2) is 0 Å². The minimum Gasteiger partial charge on any atom is -0.303 e. The minimum atomic E-state index is 0.808. The molecule has 0 amide bonds. The predicted octanol–water partition coefficient (Wildman–Crippen LogP) is 1.67. The predicted molar refractivity (Wildman–Crippen MR) is 42.7 cm³/mol. The molecule has 1 unspecified atom stereocenters. The molecule has 0 bridgehead atoms. The van der Waals surface area contributed by atoms with E-state index in [9.17, 15) is 0 Å². The zero-order valence-corrected chi connectivity index (χ0v) is 6.78. The first-order chi connectivity index (χ1) is 4.34. The van der Waals surface area contributed by atoms with Crippen molar-refractivity contribution in [2.24, 2.45) is 0 Å². The van der Waals surface area contributed by atoms with Crippen LogP contribution in [-0.4, -0.2) is 30.3 Å². The van der Waals surface area contributed by atoms with Crippen molar-refractivity contribution in [3.63, 3.8) is 0 Å². The lowest BCUT2D eigenvalue weighted by atomic mass is 10.2. The van der Waals surface area contributed by atoms with E-state index in [4.69, 9.17) is 12.6 Å². The standard InChI is InChI=1S/C7H14NS/c1-8-5-2-3-7(8)4-6-9/h7H,2-6H2,1H3. The molecule has 2 heteroatoms. The van der Waals surface area contributed by atoms with Crippen LogP contribution in [0.2, 0.25) is 0 Å². The van der Waals surface area contributed by atoms with E-state index in [0.717, 1.165) is 11.8 Å². The summed E-state index contributed by atoms with van der Waals surface area (Å²) in [5.74, 6) is 0.926. The molecule has 1 atom stereocenters. The van der Waals surface area contributed by atoms with E-state index in [1.54, 1.807) is 0 Å². The van der Waals surface area contributed by atoms with E-state index in [-0.39, 0.29) is 0 Å². The molecule has 0 aliphatic carbocycles. The molecule has 1 saturated heterocycles. The van der Waals surface area contributed by atoms with E-state index in [1.807, 2.05) is 0 Å². The average Bonchev–Trinajstić information content (AvgIpc) is 2.18. The minimum absolute atomic E-state index is 0.808. The maximum absolute atomic E-state index is 4.91. The Morgan fingerprint density at radius 2 is 2.44 bits per heavy atom. The van der Waals surface area contributed by atoms with Crippen molar-refractivity contribution >= 4 is 12.6 Å². The van der Waals surface area contributed by atoms with Gasteiger partial charge in [0.15, 0.2) is 0 Å². The number of rotatable bonds is 2. The van der Waals surface area contributed by atoms with Crippen LogP contribution in [0.5, 0.6) is 0 Å². The van der Waals surface area contributed by atoms with E-state index in [1.165, 1.54) is 25.8 Å². The summed E-state index contributed by atoms with van der Waals surface area (Å²) in [6.45, 7) is 1.28. The maximum atomic E-state index is 4.91. The normalized spacial score (nSPS) is 29.3. The second-order valence-corrected chi connectivity index (χ2v) is 3.18. The lowest BCUT2D eigenvalue weighted by Gasteiger charge is -2.17. The van der Waals surface area contributed by atoms with Gasteiger partial charge in [0, 0.05) is 11.8 Å². The Morgan fingerprint density at radius 1 is 1.67 bits per heavy atom. The monoisotopic (exact) mass is 144 g/mol. The van der Waals surface area contributed by atoms with Crippen LogP contribution in [-0.2, 0) is 0 Å². The van der Waals surface area contributed by atoms with Crippen molar-refractivity contribution in [3.8, 4) is 0 Å². The summed E-state index contributed by atoms with van der Waals surface area (Å²) in [5, 5.41) is 0. The highest BCUT2D eigenvalue weighted by molar-refractivity contribution is 7.80. The van der Waals surface area contributed by atoms with Crippen molar-refractivity contribution in [2.45, 2.75) is 25.3 Å². The number of hydrogen-bond donors (Lipinski definition) is 0. The molecule has 1 nitrogen and oxygen atoms in total. The number of likely N-dealkylation sites (tertiary alicyclic amines) is 1. The van der Waals surface area contributed by atoms with Gasteiger partial charge in [-0.3, -0.25) is 0 Å². The molecular formula is C7H14NS. The highest BCUT2D eigenvalue weighted by Crippen LogP contribution is 2.17. The van der Waals surface area contributed by atoms with Crippen molar-refractivity contribution in [2.75, 3.05) is 19.3 Å². The first-order valence-electron chi connectivity index (χ1n) is 3.63. The molecule has 0 aromatic heterocycles. The molecule has 1 aliphatic heterocycles. The third-order valence-electron chi connectivity index (χ3n) is 2.12. The molecule has 1 rings (SSSR count). The van der Waals surface area contributed by atoms with E-state index in [2.05, 4.69) is 11.9 Å².